The summed E-state index contributed by atoms with van der Waals surface area (Å²) in [5, 5.41) is 14.6. The van der Waals surface area contributed by atoms with Crippen molar-refractivity contribution >= 4 is 35.5 Å². The Balaban J connectivity index is 1.72. The number of thioether (sulfide) groups is 1. The van der Waals surface area contributed by atoms with Crippen molar-refractivity contribution in [2.45, 2.75) is 57.6 Å². The lowest BCUT2D eigenvalue weighted by Gasteiger charge is -2.28. The quantitative estimate of drug-likeness (QED) is 0.561. The van der Waals surface area contributed by atoms with Crippen LogP contribution in [0.1, 0.15) is 55.4 Å². The van der Waals surface area contributed by atoms with Crippen LogP contribution in [0.3, 0.4) is 0 Å². The number of amides is 3. The first-order chi connectivity index (χ1) is 14.7. The van der Waals surface area contributed by atoms with E-state index in [9.17, 15) is 24.3 Å². The van der Waals surface area contributed by atoms with Gasteiger partial charge in [-0.1, -0.05) is 52.3 Å². The fourth-order valence-electron chi connectivity index (χ4n) is 3.95. The molecule has 2 aliphatic rings. The fraction of sp³-hybridized carbons (Fsp3) is 0.545. The van der Waals surface area contributed by atoms with Crippen LogP contribution in [0.5, 0.6) is 0 Å². The van der Waals surface area contributed by atoms with Gasteiger partial charge >= 0.3 is 5.97 Å². The van der Waals surface area contributed by atoms with E-state index in [1.807, 2.05) is 19.1 Å². The third-order valence-corrected chi connectivity index (χ3v) is 7.32. The summed E-state index contributed by atoms with van der Waals surface area (Å²) < 4.78 is 0. The summed E-state index contributed by atoms with van der Waals surface area (Å²) in [4.78, 5) is 52.0. The van der Waals surface area contributed by atoms with Crippen LogP contribution in [0.2, 0.25) is 0 Å². The van der Waals surface area contributed by atoms with Crippen LogP contribution < -0.4 is 10.6 Å². The summed E-state index contributed by atoms with van der Waals surface area (Å²) in [6.45, 7) is 7.18. The molecule has 3 N–H and O–H groups in total. The average Bonchev–Trinajstić information content (AvgIpc) is 3.29. The van der Waals surface area contributed by atoms with Crippen molar-refractivity contribution in [1.82, 2.24) is 15.5 Å². The van der Waals surface area contributed by atoms with E-state index in [1.165, 1.54) is 11.8 Å². The number of rotatable bonds is 8. The van der Waals surface area contributed by atoms with E-state index >= 15 is 0 Å². The molecular weight excluding hydrogens is 418 g/mol. The lowest BCUT2D eigenvalue weighted by atomic mass is 9.97. The minimum Gasteiger partial charge on any atom is -0.480 e. The van der Waals surface area contributed by atoms with Gasteiger partial charge in [0.2, 0.25) is 11.8 Å². The third-order valence-electron chi connectivity index (χ3n) is 6.02. The Morgan fingerprint density at radius 3 is 2.45 bits per heavy atom. The smallest absolute Gasteiger partial charge is 0.326 e. The molecule has 8 nitrogen and oxygen atoms in total. The van der Waals surface area contributed by atoms with Crippen LogP contribution in [0.4, 0.5) is 0 Å². The number of carbonyl (C=O) groups is 4. The number of hydrogen-bond donors (Lipinski definition) is 3. The molecule has 1 fully saturated rings. The molecule has 0 radical (unpaired) electrons. The first-order valence-electron chi connectivity index (χ1n) is 10.5. The molecule has 0 aromatic heterocycles. The molecule has 5 atom stereocenters. The van der Waals surface area contributed by atoms with E-state index in [1.54, 1.807) is 37.8 Å². The molecule has 9 heteroatoms. The van der Waals surface area contributed by atoms with Gasteiger partial charge in [0.25, 0.3) is 5.91 Å². The highest BCUT2D eigenvalue weighted by Gasteiger charge is 2.48. The number of hydrogen-bond acceptors (Lipinski definition) is 5. The second-order valence-corrected chi connectivity index (χ2v) is 9.55. The number of nitrogens with one attached hydrogen (secondary N) is 2. The Bertz CT molecular complexity index is 890. The van der Waals surface area contributed by atoms with Crippen LogP contribution in [-0.4, -0.2) is 57.6 Å². The zero-order chi connectivity index (χ0) is 22.9. The van der Waals surface area contributed by atoms with Crippen molar-refractivity contribution in [3.05, 3.63) is 35.4 Å². The van der Waals surface area contributed by atoms with E-state index in [2.05, 4.69) is 10.6 Å². The molecule has 0 saturated carbocycles. The van der Waals surface area contributed by atoms with Crippen molar-refractivity contribution in [3.63, 3.8) is 0 Å². The van der Waals surface area contributed by atoms with Crippen molar-refractivity contribution < 1.29 is 24.3 Å². The summed E-state index contributed by atoms with van der Waals surface area (Å²) in [6.07, 6.45) is 0.592. The van der Waals surface area contributed by atoms with E-state index < -0.39 is 35.9 Å². The predicted octanol–water partition coefficient (Wildman–Crippen LogP) is 2.01. The Kier molecular flexibility index (Phi) is 6.93. The first kappa shape index (κ1) is 23.1. The Labute approximate surface area is 186 Å². The summed E-state index contributed by atoms with van der Waals surface area (Å²) in [7, 11) is 0. The highest BCUT2D eigenvalue weighted by molar-refractivity contribution is 7.99. The number of nitrogens with zero attached hydrogens (tertiary/aromatic N) is 1. The molecule has 0 bridgehead atoms. The molecule has 2 aliphatic heterocycles. The second kappa shape index (κ2) is 9.30. The van der Waals surface area contributed by atoms with Gasteiger partial charge in [-0.3, -0.25) is 14.4 Å². The van der Waals surface area contributed by atoms with Crippen molar-refractivity contribution in [3.8, 4) is 0 Å². The van der Waals surface area contributed by atoms with Gasteiger partial charge in [-0.2, -0.15) is 0 Å². The van der Waals surface area contributed by atoms with Gasteiger partial charge in [0, 0.05) is 11.3 Å². The zero-order valence-electron chi connectivity index (χ0n) is 18.1. The molecule has 168 valence electrons. The van der Waals surface area contributed by atoms with Gasteiger partial charge < -0.3 is 20.6 Å². The lowest BCUT2D eigenvalue weighted by Crippen LogP contribution is -2.58. The molecular formula is C22H29N3O5S. The zero-order valence-corrected chi connectivity index (χ0v) is 18.9. The van der Waals surface area contributed by atoms with E-state index in [-0.39, 0.29) is 23.1 Å². The van der Waals surface area contributed by atoms with E-state index in [0.717, 1.165) is 5.56 Å². The van der Waals surface area contributed by atoms with Crippen molar-refractivity contribution in [2.24, 2.45) is 11.8 Å². The molecule has 1 saturated heterocycles. The largest absolute Gasteiger partial charge is 0.480 e. The Morgan fingerprint density at radius 1 is 1.16 bits per heavy atom. The number of carboxylic acid groups (broad SMARTS) is 1. The van der Waals surface area contributed by atoms with Crippen LogP contribution in [0.15, 0.2) is 24.3 Å². The summed E-state index contributed by atoms with van der Waals surface area (Å²) >= 11 is 1.53. The van der Waals surface area contributed by atoms with Crippen LogP contribution in [-0.2, 0) is 14.4 Å². The molecule has 31 heavy (non-hydrogen) atoms. The average molecular weight is 448 g/mol. The minimum atomic E-state index is -1.10. The Morgan fingerprint density at radius 2 is 1.84 bits per heavy atom. The van der Waals surface area contributed by atoms with Gasteiger partial charge in [0.15, 0.2) is 0 Å². The molecule has 1 aromatic rings. The van der Waals surface area contributed by atoms with Crippen LogP contribution in [0.25, 0.3) is 0 Å². The normalized spacial score (nSPS) is 22.5. The SMILES string of the molecule is CCC(C)C(NC(=O)C(NC(=O)C1CSC2c3ccccc3C(=O)N12)C(C)C)C(=O)O. The van der Waals surface area contributed by atoms with Crippen LogP contribution >= 0.6 is 11.8 Å². The summed E-state index contributed by atoms with van der Waals surface area (Å²) in [5.74, 6) is -2.29. The van der Waals surface area contributed by atoms with Gasteiger partial charge in [-0.25, -0.2) is 4.79 Å². The monoisotopic (exact) mass is 447 g/mol. The number of fused-ring (bicyclic) bond motifs is 3. The van der Waals surface area contributed by atoms with Gasteiger partial charge in [-0.05, 0) is 23.5 Å². The molecule has 5 unspecified atom stereocenters. The highest BCUT2D eigenvalue weighted by atomic mass is 32.2. The summed E-state index contributed by atoms with van der Waals surface area (Å²) in [5.41, 5.74) is 1.51. The Hall–Kier alpha value is -2.55. The van der Waals surface area contributed by atoms with Crippen LogP contribution in [0, 0.1) is 11.8 Å². The second-order valence-electron chi connectivity index (χ2n) is 8.44. The molecule has 2 heterocycles. The van der Waals surface area contributed by atoms with Crippen molar-refractivity contribution in [1.29, 1.82) is 0 Å². The fourth-order valence-corrected chi connectivity index (χ4v) is 5.42. The molecule has 3 rings (SSSR count). The first-order valence-corrected chi connectivity index (χ1v) is 11.6. The maximum absolute atomic E-state index is 13.1. The maximum atomic E-state index is 13.1. The molecule has 1 aromatic carbocycles. The molecule has 0 spiro atoms. The number of carboxylic acids is 1. The maximum Gasteiger partial charge on any atom is 0.326 e. The topological polar surface area (TPSA) is 116 Å². The standard InChI is InChI=1S/C22H29N3O5S/c1-5-12(4)17(22(29)30)24-19(27)16(11(2)3)23-18(26)15-10-31-21-14-9-7-6-8-13(14)20(28)25(15)21/h6-9,11-12,15-17,21H,5,10H2,1-4H3,(H,23,26)(H,24,27)(H,29,30). The minimum absolute atomic E-state index is 0.181. The number of carbonyl (C=O) groups excluding carboxylic acids is 3. The van der Waals surface area contributed by atoms with Gasteiger partial charge in [0.1, 0.15) is 23.5 Å². The van der Waals surface area contributed by atoms with E-state index in [4.69, 9.17) is 0 Å². The lowest BCUT2D eigenvalue weighted by molar-refractivity contribution is -0.144. The number of benzene rings is 1. The number of aliphatic carboxylic acids is 1. The summed E-state index contributed by atoms with van der Waals surface area (Å²) in [6, 6.07) is 4.72. The van der Waals surface area contributed by atoms with Gasteiger partial charge in [-0.15, -0.1) is 11.8 Å². The highest BCUT2D eigenvalue weighted by Crippen LogP contribution is 2.48. The van der Waals surface area contributed by atoms with E-state index in [0.29, 0.717) is 17.7 Å². The van der Waals surface area contributed by atoms with Gasteiger partial charge in [0.05, 0.1) is 0 Å². The predicted molar refractivity (Wildman–Crippen MR) is 117 cm³/mol. The van der Waals surface area contributed by atoms with Crippen molar-refractivity contribution in [2.75, 3.05) is 5.75 Å². The third kappa shape index (κ3) is 4.42. The molecule has 3 amide bonds. The molecule has 0 aliphatic carbocycles.